The van der Waals surface area contributed by atoms with E-state index in [0.29, 0.717) is 0 Å². The maximum atomic E-state index is 10.6. The number of alkyl halides is 1. The van der Waals surface area contributed by atoms with Crippen LogP contribution in [0.25, 0.3) is 0 Å². The van der Waals surface area contributed by atoms with Crippen LogP contribution >= 0.6 is 15.9 Å². The number of hydrogen-bond donors (Lipinski definition) is 0. The molecule has 3 nitrogen and oxygen atoms in total. The van der Waals surface area contributed by atoms with E-state index >= 15 is 0 Å². The first-order chi connectivity index (χ1) is 5.72. The van der Waals surface area contributed by atoms with E-state index in [0.717, 1.165) is 32.1 Å². The summed E-state index contributed by atoms with van der Waals surface area (Å²) < 4.78 is 0. The SMILES string of the molecule is O=[N+]([O-])C1CCCCCCC1Br. The van der Waals surface area contributed by atoms with E-state index in [2.05, 4.69) is 15.9 Å². The fraction of sp³-hybridized carbons (Fsp3) is 1.00. The van der Waals surface area contributed by atoms with Crippen LogP contribution in [0.15, 0.2) is 0 Å². The van der Waals surface area contributed by atoms with Crippen LogP contribution in [0.2, 0.25) is 0 Å². The van der Waals surface area contributed by atoms with E-state index in [1.807, 2.05) is 0 Å². The lowest BCUT2D eigenvalue weighted by Gasteiger charge is -2.17. The monoisotopic (exact) mass is 235 g/mol. The predicted octanol–water partition coefficient (Wildman–Crippen LogP) is 2.75. The van der Waals surface area contributed by atoms with Crippen molar-refractivity contribution in [3.05, 3.63) is 10.1 Å². The molecule has 0 amide bonds. The van der Waals surface area contributed by atoms with Gasteiger partial charge in [-0.2, -0.15) is 0 Å². The molecule has 0 saturated heterocycles. The zero-order valence-electron chi connectivity index (χ0n) is 7.04. The third-order valence-electron chi connectivity index (χ3n) is 2.42. The largest absolute Gasteiger partial charge is 0.264 e. The molecule has 0 aromatic carbocycles. The van der Waals surface area contributed by atoms with Crippen molar-refractivity contribution >= 4 is 15.9 Å². The molecular weight excluding hydrogens is 222 g/mol. The fourth-order valence-electron chi connectivity index (χ4n) is 1.66. The zero-order chi connectivity index (χ0) is 8.97. The van der Waals surface area contributed by atoms with Crippen LogP contribution in [-0.4, -0.2) is 15.8 Å². The molecular formula is C8H14BrNO2. The second-order valence-corrected chi connectivity index (χ2v) is 4.54. The molecule has 0 aromatic heterocycles. The summed E-state index contributed by atoms with van der Waals surface area (Å²) in [5.41, 5.74) is 0. The van der Waals surface area contributed by atoms with Crippen molar-refractivity contribution in [2.75, 3.05) is 0 Å². The third kappa shape index (κ3) is 2.73. The van der Waals surface area contributed by atoms with Crippen molar-refractivity contribution < 1.29 is 4.92 Å². The molecule has 12 heavy (non-hydrogen) atoms. The molecule has 0 N–H and O–H groups in total. The smallest absolute Gasteiger partial charge is 0.225 e. The van der Waals surface area contributed by atoms with E-state index in [9.17, 15) is 10.1 Å². The molecule has 2 unspecified atom stereocenters. The molecule has 0 radical (unpaired) electrons. The van der Waals surface area contributed by atoms with Gasteiger partial charge in [0.05, 0.1) is 4.83 Å². The predicted molar refractivity (Wildman–Crippen MR) is 51.2 cm³/mol. The van der Waals surface area contributed by atoms with Gasteiger partial charge in [-0.15, -0.1) is 0 Å². The van der Waals surface area contributed by atoms with Gasteiger partial charge in [0.25, 0.3) is 0 Å². The van der Waals surface area contributed by atoms with Crippen LogP contribution in [0, 0.1) is 10.1 Å². The van der Waals surface area contributed by atoms with Gasteiger partial charge in [-0.25, -0.2) is 0 Å². The van der Waals surface area contributed by atoms with Crippen LogP contribution in [0.1, 0.15) is 38.5 Å². The van der Waals surface area contributed by atoms with E-state index in [4.69, 9.17) is 0 Å². The molecule has 0 aliphatic heterocycles. The number of hydrogen-bond acceptors (Lipinski definition) is 2. The van der Waals surface area contributed by atoms with Gasteiger partial charge in [0, 0.05) is 11.3 Å². The number of nitro groups is 1. The van der Waals surface area contributed by atoms with E-state index in [-0.39, 0.29) is 15.8 Å². The molecule has 1 aliphatic rings. The zero-order valence-corrected chi connectivity index (χ0v) is 8.63. The number of halogens is 1. The Morgan fingerprint density at radius 3 is 2.33 bits per heavy atom. The van der Waals surface area contributed by atoms with Crippen molar-refractivity contribution in [1.82, 2.24) is 0 Å². The highest BCUT2D eigenvalue weighted by atomic mass is 79.9. The normalized spacial score (nSPS) is 32.1. The van der Waals surface area contributed by atoms with E-state index in [1.54, 1.807) is 0 Å². The third-order valence-corrected chi connectivity index (χ3v) is 3.49. The molecule has 70 valence electrons. The van der Waals surface area contributed by atoms with Gasteiger partial charge in [-0.3, -0.25) is 10.1 Å². The average molecular weight is 236 g/mol. The molecule has 1 aliphatic carbocycles. The quantitative estimate of drug-likeness (QED) is 0.399. The van der Waals surface area contributed by atoms with Crippen LogP contribution < -0.4 is 0 Å². The number of rotatable bonds is 1. The van der Waals surface area contributed by atoms with Gasteiger partial charge in [0.2, 0.25) is 6.04 Å². The topological polar surface area (TPSA) is 43.1 Å². The minimum absolute atomic E-state index is 0.0906. The van der Waals surface area contributed by atoms with Gasteiger partial charge < -0.3 is 0 Å². The van der Waals surface area contributed by atoms with Gasteiger partial charge in [-0.05, 0) is 12.8 Å². The highest BCUT2D eigenvalue weighted by Gasteiger charge is 2.29. The molecule has 0 heterocycles. The van der Waals surface area contributed by atoms with Crippen molar-refractivity contribution in [2.24, 2.45) is 0 Å². The molecule has 0 spiro atoms. The van der Waals surface area contributed by atoms with Crippen LogP contribution in [-0.2, 0) is 0 Å². The first-order valence-electron chi connectivity index (χ1n) is 4.49. The molecule has 0 bridgehead atoms. The van der Waals surface area contributed by atoms with Crippen molar-refractivity contribution in [1.29, 1.82) is 0 Å². The molecule has 2 atom stereocenters. The second-order valence-electron chi connectivity index (χ2n) is 3.36. The Bertz CT molecular complexity index is 163. The van der Waals surface area contributed by atoms with Crippen LogP contribution in [0.4, 0.5) is 0 Å². The first-order valence-corrected chi connectivity index (χ1v) is 5.41. The molecule has 1 rings (SSSR count). The Balaban J connectivity index is 2.48. The maximum absolute atomic E-state index is 10.6. The molecule has 1 saturated carbocycles. The van der Waals surface area contributed by atoms with Crippen LogP contribution in [0.5, 0.6) is 0 Å². The average Bonchev–Trinajstić information content (AvgIpc) is 1.96. The fourth-order valence-corrected chi connectivity index (χ4v) is 2.44. The number of nitrogens with zero attached hydrogens (tertiary/aromatic N) is 1. The van der Waals surface area contributed by atoms with Crippen molar-refractivity contribution in [3.63, 3.8) is 0 Å². The van der Waals surface area contributed by atoms with Gasteiger partial charge in [0.1, 0.15) is 0 Å². The first kappa shape index (κ1) is 9.96. The Morgan fingerprint density at radius 1 is 1.17 bits per heavy atom. The Labute approximate surface area is 80.8 Å². The summed E-state index contributed by atoms with van der Waals surface area (Å²) in [6, 6.07) is -0.356. The van der Waals surface area contributed by atoms with E-state index in [1.165, 1.54) is 6.42 Å². The second kappa shape index (κ2) is 4.80. The van der Waals surface area contributed by atoms with Gasteiger partial charge in [-0.1, -0.05) is 35.2 Å². The lowest BCUT2D eigenvalue weighted by molar-refractivity contribution is -0.522. The lowest BCUT2D eigenvalue weighted by Crippen LogP contribution is -2.30. The summed E-state index contributed by atoms with van der Waals surface area (Å²) in [5, 5.41) is 10.6. The van der Waals surface area contributed by atoms with Crippen molar-refractivity contribution in [2.45, 2.75) is 49.4 Å². The highest BCUT2D eigenvalue weighted by Crippen LogP contribution is 2.24. The summed E-state index contributed by atoms with van der Waals surface area (Å²) >= 11 is 3.40. The van der Waals surface area contributed by atoms with Crippen LogP contribution in [0.3, 0.4) is 0 Å². The van der Waals surface area contributed by atoms with E-state index < -0.39 is 0 Å². The maximum Gasteiger partial charge on any atom is 0.225 e. The molecule has 4 heteroatoms. The lowest BCUT2D eigenvalue weighted by atomic mass is 9.97. The molecule has 0 aromatic rings. The Kier molecular flexibility index (Phi) is 3.98. The summed E-state index contributed by atoms with van der Waals surface area (Å²) in [5.74, 6) is 0. The molecule has 1 fully saturated rings. The minimum Gasteiger partial charge on any atom is -0.264 e. The summed E-state index contributed by atoms with van der Waals surface area (Å²) in [7, 11) is 0. The Hall–Kier alpha value is -0.120. The van der Waals surface area contributed by atoms with Gasteiger partial charge >= 0.3 is 0 Å². The Morgan fingerprint density at radius 2 is 1.75 bits per heavy atom. The minimum atomic E-state index is -0.356. The summed E-state index contributed by atoms with van der Waals surface area (Å²) in [6.07, 6.45) is 6.21. The standard InChI is InChI=1S/C8H14BrNO2/c9-7-5-3-1-2-4-6-8(7)10(11)12/h7-8H,1-6H2. The highest BCUT2D eigenvalue weighted by molar-refractivity contribution is 9.09. The van der Waals surface area contributed by atoms with Crippen molar-refractivity contribution in [3.8, 4) is 0 Å². The summed E-state index contributed by atoms with van der Waals surface area (Å²) in [6.45, 7) is 0. The van der Waals surface area contributed by atoms with Gasteiger partial charge in [0.15, 0.2) is 0 Å². The summed E-state index contributed by atoms with van der Waals surface area (Å²) in [4.78, 5) is 10.6.